The fraction of sp³-hybridized carbons (Fsp3) is 0.750. The summed E-state index contributed by atoms with van der Waals surface area (Å²) in [5, 5.41) is 7.24. The van der Waals surface area contributed by atoms with Crippen LogP contribution in [0.5, 0.6) is 0 Å². The van der Waals surface area contributed by atoms with Crippen molar-refractivity contribution in [2.45, 2.75) is 24.6 Å². The Morgan fingerprint density at radius 1 is 1.53 bits per heavy atom. The Morgan fingerprint density at radius 2 is 2.27 bits per heavy atom. The van der Waals surface area contributed by atoms with Gasteiger partial charge in [-0.1, -0.05) is 0 Å². The van der Waals surface area contributed by atoms with Crippen molar-refractivity contribution in [1.82, 2.24) is 10.2 Å². The number of halogens is 1. The summed E-state index contributed by atoms with van der Waals surface area (Å²) in [7, 11) is -2.92. The van der Waals surface area contributed by atoms with Gasteiger partial charge >= 0.3 is 0 Å². The van der Waals surface area contributed by atoms with Crippen molar-refractivity contribution >= 4 is 21.4 Å². The molecule has 84 valence electrons. The lowest BCUT2D eigenvalue weighted by atomic mass is 10.1. The second kappa shape index (κ2) is 3.75. The molecule has 15 heavy (non-hydrogen) atoms. The maximum absolute atomic E-state index is 11.2. The zero-order chi connectivity index (χ0) is 11.1. The van der Waals surface area contributed by atoms with Gasteiger partial charge in [0, 0.05) is 0 Å². The Bertz CT molecular complexity index is 454. The van der Waals surface area contributed by atoms with Crippen LogP contribution in [0.1, 0.15) is 36.4 Å². The molecule has 0 spiro atoms. The number of nitrogens with zero attached hydrogens (tertiary/aromatic N) is 2. The van der Waals surface area contributed by atoms with Gasteiger partial charge in [-0.2, -0.15) is 0 Å². The van der Waals surface area contributed by atoms with E-state index in [2.05, 4.69) is 10.2 Å². The van der Waals surface area contributed by atoms with Gasteiger partial charge in [0.05, 0.1) is 17.4 Å². The molecular formula is C8H11ClN2O3S. The van der Waals surface area contributed by atoms with E-state index in [4.69, 9.17) is 16.0 Å². The standard InChI is InChI=1S/C8H11ClN2O3S/c1-5(9)7-10-11-8(14-7)6-2-3-15(12,13)4-6/h5-6H,2-4H2,1H3. The van der Waals surface area contributed by atoms with Crippen molar-refractivity contribution in [2.75, 3.05) is 11.5 Å². The zero-order valence-corrected chi connectivity index (χ0v) is 9.75. The van der Waals surface area contributed by atoms with Gasteiger partial charge in [0.1, 0.15) is 5.38 Å². The predicted molar refractivity (Wildman–Crippen MR) is 54.6 cm³/mol. The molecule has 1 aromatic rings. The second-order valence-corrected chi connectivity index (χ2v) is 6.58. The highest BCUT2D eigenvalue weighted by atomic mass is 35.5. The van der Waals surface area contributed by atoms with E-state index in [0.717, 1.165) is 0 Å². The molecule has 2 rings (SSSR count). The highest BCUT2D eigenvalue weighted by Gasteiger charge is 2.32. The van der Waals surface area contributed by atoms with Crippen LogP contribution in [0.3, 0.4) is 0 Å². The minimum Gasteiger partial charge on any atom is -0.423 e. The third-order valence-corrected chi connectivity index (χ3v) is 4.33. The molecule has 1 aliphatic heterocycles. The molecule has 7 heteroatoms. The van der Waals surface area contributed by atoms with Crippen molar-refractivity contribution in [3.63, 3.8) is 0 Å². The van der Waals surface area contributed by atoms with Crippen molar-refractivity contribution in [3.8, 4) is 0 Å². The molecule has 5 nitrogen and oxygen atoms in total. The molecular weight excluding hydrogens is 240 g/mol. The van der Waals surface area contributed by atoms with Gasteiger partial charge in [-0.15, -0.1) is 21.8 Å². The molecule has 0 aromatic carbocycles. The highest BCUT2D eigenvalue weighted by Crippen LogP contribution is 2.29. The highest BCUT2D eigenvalue weighted by molar-refractivity contribution is 7.91. The summed E-state index contributed by atoms with van der Waals surface area (Å²) in [6.45, 7) is 1.73. The second-order valence-electron chi connectivity index (χ2n) is 3.69. The molecule has 0 N–H and O–H groups in total. The van der Waals surface area contributed by atoms with E-state index in [0.29, 0.717) is 18.2 Å². The first-order chi connectivity index (χ1) is 6.98. The van der Waals surface area contributed by atoms with Crippen molar-refractivity contribution in [3.05, 3.63) is 11.8 Å². The van der Waals surface area contributed by atoms with Gasteiger partial charge in [0.2, 0.25) is 11.8 Å². The SMILES string of the molecule is CC(Cl)c1nnc(C2CCS(=O)(=O)C2)o1. The summed E-state index contributed by atoms with van der Waals surface area (Å²) < 4.78 is 27.8. The smallest absolute Gasteiger partial charge is 0.234 e. The van der Waals surface area contributed by atoms with Crippen LogP contribution in [0.4, 0.5) is 0 Å². The zero-order valence-electron chi connectivity index (χ0n) is 8.18. The van der Waals surface area contributed by atoms with Gasteiger partial charge in [0.15, 0.2) is 9.84 Å². The lowest BCUT2D eigenvalue weighted by Crippen LogP contribution is -2.03. The van der Waals surface area contributed by atoms with Gasteiger partial charge < -0.3 is 4.42 Å². The first-order valence-corrected chi connectivity index (χ1v) is 6.91. The van der Waals surface area contributed by atoms with Crippen molar-refractivity contribution in [1.29, 1.82) is 0 Å². The van der Waals surface area contributed by atoms with Gasteiger partial charge in [-0.25, -0.2) is 8.42 Å². The van der Waals surface area contributed by atoms with Crippen molar-refractivity contribution in [2.24, 2.45) is 0 Å². The number of rotatable bonds is 2. The van der Waals surface area contributed by atoms with E-state index in [1.54, 1.807) is 6.92 Å². The Hall–Kier alpha value is -0.620. The maximum Gasteiger partial charge on any atom is 0.234 e. The Balaban J connectivity index is 2.17. The number of hydrogen-bond acceptors (Lipinski definition) is 5. The average molecular weight is 251 g/mol. The molecule has 2 unspecified atom stereocenters. The molecule has 0 amide bonds. The van der Waals surface area contributed by atoms with E-state index in [-0.39, 0.29) is 22.8 Å². The van der Waals surface area contributed by atoms with Gasteiger partial charge in [-0.05, 0) is 13.3 Å². The molecule has 0 radical (unpaired) electrons. The van der Waals surface area contributed by atoms with E-state index in [1.165, 1.54) is 0 Å². The first kappa shape index (κ1) is 10.9. The molecule has 0 aliphatic carbocycles. The summed E-state index contributed by atoms with van der Waals surface area (Å²) in [4.78, 5) is 0. The minimum absolute atomic E-state index is 0.102. The van der Waals surface area contributed by atoms with E-state index in [9.17, 15) is 8.42 Å². The fourth-order valence-corrected chi connectivity index (χ4v) is 3.38. The van der Waals surface area contributed by atoms with Crippen LogP contribution in [-0.4, -0.2) is 30.1 Å². The molecule has 1 aromatic heterocycles. The maximum atomic E-state index is 11.2. The third-order valence-electron chi connectivity index (χ3n) is 2.38. The van der Waals surface area contributed by atoms with E-state index in [1.807, 2.05) is 0 Å². The van der Waals surface area contributed by atoms with Crippen LogP contribution in [0, 0.1) is 0 Å². The summed E-state index contributed by atoms with van der Waals surface area (Å²) >= 11 is 5.76. The normalized spacial score (nSPS) is 26.7. The number of sulfone groups is 1. The molecule has 2 atom stereocenters. The topological polar surface area (TPSA) is 73.1 Å². The summed E-state index contributed by atoms with van der Waals surface area (Å²) in [5.41, 5.74) is 0. The van der Waals surface area contributed by atoms with Crippen LogP contribution in [0.25, 0.3) is 0 Å². The van der Waals surface area contributed by atoms with Gasteiger partial charge in [-0.3, -0.25) is 0 Å². The monoisotopic (exact) mass is 250 g/mol. The number of alkyl halides is 1. The molecule has 0 bridgehead atoms. The van der Waals surface area contributed by atoms with Crippen LogP contribution in [0.2, 0.25) is 0 Å². The first-order valence-electron chi connectivity index (χ1n) is 4.66. The van der Waals surface area contributed by atoms with Crippen LogP contribution in [0.15, 0.2) is 4.42 Å². The summed E-state index contributed by atoms with van der Waals surface area (Å²) in [6.07, 6.45) is 0.556. The molecule has 0 saturated carbocycles. The number of aromatic nitrogens is 2. The van der Waals surface area contributed by atoms with E-state index < -0.39 is 9.84 Å². The Kier molecular flexibility index (Phi) is 2.72. The third kappa shape index (κ3) is 2.31. The van der Waals surface area contributed by atoms with Crippen LogP contribution < -0.4 is 0 Å². The average Bonchev–Trinajstić information content (AvgIpc) is 2.70. The largest absolute Gasteiger partial charge is 0.423 e. The molecule has 1 aliphatic rings. The minimum atomic E-state index is -2.92. The Morgan fingerprint density at radius 3 is 2.73 bits per heavy atom. The summed E-state index contributed by atoms with van der Waals surface area (Å²) in [5.74, 6) is 0.873. The van der Waals surface area contributed by atoms with Crippen molar-refractivity contribution < 1.29 is 12.8 Å². The molecule has 1 saturated heterocycles. The summed E-state index contributed by atoms with van der Waals surface area (Å²) in [6, 6.07) is 0. The molecule has 2 heterocycles. The van der Waals surface area contributed by atoms with Gasteiger partial charge in [0.25, 0.3) is 0 Å². The lowest BCUT2D eigenvalue weighted by molar-refractivity contribution is 0.425. The predicted octanol–water partition coefficient (Wildman–Crippen LogP) is 1.27. The molecule has 1 fully saturated rings. The lowest BCUT2D eigenvalue weighted by Gasteiger charge is -1.99. The fourth-order valence-electron chi connectivity index (χ4n) is 1.56. The quantitative estimate of drug-likeness (QED) is 0.739. The van der Waals surface area contributed by atoms with Crippen LogP contribution >= 0.6 is 11.6 Å². The number of hydrogen-bond donors (Lipinski definition) is 0. The van der Waals surface area contributed by atoms with E-state index >= 15 is 0 Å². The van der Waals surface area contributed by atoms with Crippen LogP contribution in [-0.2, 0) is 9.84 Å². The Labute approximate surface area is 92.7 Å².